The topological polar surface area (TPSA) is 102 Å². The number of carbonyl (C=O) groups is 3. The van der Waals surface area contributed by atoms with Gasteiger partial charge in [-0.3, -0.25) is 4.79 Å². The van der Waals surface area contributed by atoms with E-state index >= 15 is 0 Å². The van der Waals surface area contributed by atoms with E-state index in [9.17, 15) is 19.5 Å². The number of hydrogen-bond acceptors (Lipinski definition) is 5. The van der Waals surface area contributed by atoms with Crippen molar-refractivity contribution in [3.05, 3.63) is 95.1 Å². The maximum Gasteiger partial charge on any atom is 0.343 e. The van der Waals surface area contributed by atoms with E-state index in [1.54, 1.807) is 60.7 Å². The van der Waals surface area contributed by atoms with Gasteiger partial charge in [0, 0.05) is 12.0 Å². The van der Waals surface area contributed by atoms with Crippen LogP contribution in [0.25, 0.3) is 0 Å². The summed E-state index contributed by atoms with van der Waals surface area (Å²) in [6.07, 6.45) is 0.972. The molecule has 0 aliphatic carbocycles. The van der Waals surface area contributed by atoms with Crippen molar-refractivity contribution in [2.45, 2.75) is 52.0 Å². The van der Waals surface area contributed by atoms with Gasteiger partial charge in [0.25, 0.3) is 5.91 Å². The van der Waals surface area contributed by atoms with Crippen LogP contribution >= 0.6 is 0 Å². The summed E-state index contributed by atoms with van der Waals surface area (Å²) >= 11 is 0. The van der Waals surface area contributed by atoms with Crippen LogP contribution in [0.15, 0.2) is 72.8 Å². The molecule has 1 atom stereocenters. The number of ether oxygens (including phenoxy) is 2. The number of carboxylic acid groups (broad SMARTS) is 1. The molecular weight excluding hydrogens is 470 g/mol. The van der Waals surface area contributed by atoms with E-state index in [2.05, 4.69) is 26.1 Å². The van der Waals surface area contributed by atoms with Crippen molar-refractivity contribution >= 4 is 17.8 Å². The van der Waals surface area contributed by atoms with Crippen LogP contribution in [0.3, 0.4) is 0 Å². The molecule has 0 radical (unpaired) electrons. The average Bonchev–Trinajstić information content (AvgIpc) is 2.87. The van der Waals surface area contributed by atoms with Gasteiger partial charge < -0.3 is 19.9 Å². The minimum Gasteiger partial charge on any atom is -0.494 e. The smallest absolute Gasteiger partial charge is 0.343 e. The van der Waals surface area contributed by atoms with Gasteiger partial charge in [0.2, 0.25) is 0 Å². The first-order valence-corrected chi connectivity index (χ1v) is 12.2. The molecule has 0 fully saturated rings. The van der Waals surface area contributed by atoms with Crippen molar-refractivity contribution < 1.29 is 29.0 Å². The molecule has 0 bridgehead atoms. The molecule has 0 aliphatic heterocycles. The lowest BCUT2D eigenvalue weighted by molar-refractivity contribution is -0.139. The van der Waals surface area contributed by atoms with E-state index in [-0.39, 0.29) is 11.8 Å². The van der Waals surface area contributed by atoms with Crippen LogP contribution in [0, 0.1) is 0 Å². The van der Waals surface area contributed by atoms with Crippen molar-refractivity contribution in [3.63, 3.8) is 0 Å². The van der Waals surface area contributed by atoms with Gasteiger partial charge in [0.1, 0.15) is 17.5 Å². The number of carbonyl (C=O) groups excluding carboxylic acids is 2. The molecule has 3 rings (SSSR count). The first-order valence-electron chi connectivity index (χ1n) is 12.2. The fourth-order valence-corrected chi connectivity index (χ4v) is 3.57. The number of carboxylic acids is 1. The quantitative estimate of drug-likeness (QED) is 0.283. The van der Waals surface area contributed by atoms with Gasteiger partial charge in [-0.1, -0.05) is 52.0 Å². The molecule has 0 spiro atoms. The third kappa shape index (κ3) is 7.93. The molecule has 0 aromatic heterocycles. The van der Waals surface area contributed by atoms with Crippen molar-refractivity contribution in [1.82, 2.24) is 5.32 Å². The summed E-state index contributed by atoms with van der Waals surface area (Å²) in [5, 5.41) is 12.2. The van der Waals surface area contributed by atoms with Crippen LogP contribution in [-0.4, -0.2) is 35.6 Å². The Hall–Kier alpha value is -4.13. The summed E-state index contributed by atoms with van der Waals surface area (Å²) in [5.41, 5.74) is 2.49. The lowest BCUT2D eigenvalue weighted by atomic mass is 9.86. The lowest BCUT2D eigenvalue weighted by Gasteiger charge is -2.19. The zero-order valence-corrected chi connectivity index (χ0v) is 21.6. The predicted octanol–water partition coefficient (Wildman–Crippen LogP) is 5.42. The van der Waals surface area contributed by atoms with E-state index in [0.717, 1.165) is 12.0 Å². The van der Waals surface area contributed by atoms with Crippen molar-refractivity contribution in [2.24, 2.45) is 0 Å². The molecule has 1 amide bonds. The van der Waals surface area contributed by atoms with Gasteiger partial charge in [-0.2, -0.15) is 0 Å². The molecule has 0 heterocycles. The maximum absolute atomic E-state index is 12.7. The first kappa shape index (κ1) is 27.5. The first-order chi connectivity index (χ1) is 17.6. The van der Waals surface area contributed by atoms with Gasteiger partial charge in [0.05, 0.1) is 12.2 Å². The summed E-state index contributed by atoms with van der Waals surface area (Å²) in [4.78, 5) is 36.9. The third-order valence-corrected chi connectivity index (χ3v) is 5.75. The highest BCUT2D eigenvalue weighted by atomic mass is 16.5. The Bertz CT molecular complexity index is 1210. The zero-order valence-electron chi connectivity index (χ0n) is 21.6. The second kappa shape index (κ2) is 12.2. The van der Waals surface area contributed by atoms with Gasteiger partial charge >= 0.3 is 11.9 Å². The molecule has 0 saturated carbocycles. The van der Waals surface area contributed by atoms with Gasteiger partial charge in [0.15, 0.2) is 0 Å². The van der Waals surface area contributed by atoms with Gasteiger partial charge in [-0.25, -0.2) is 9.59 Å². The normalized spacial score (nSPS) is 11.9. The van der Waals surface area contributed by atoms with Crippen LogP contribution in [0.5, 0.6) is 11.5 Å². The largest absolute Gasteiger partial charge is 0.494 e. The van der Waals surface area contributed by atoms with E-state index < -0.39 is 23.9 Å². The molecule has 37 heavy (non-hydrogen) atoms. The van der Waals surface area contributed by atoms with Crippen LogP contribution in [-0.2, 0) is 16.6 Å². The van der Waals surface area contributed by atoms with Crippen molar-refractivity contribution in [3.8, 4) is 11.5 Å². The number of benzene rings is 3. The minimum atomic E-state index is -1.14. The molecule has 0 aliphatic rings. The molecule has 7 nitrogen and oxygen atoms in total. The minimum absolute atomic E-state index is 0.0487. The molecule has 2 N–H and O–H groups in total. The van der Waals surface area contributed by atoms with Crippen molar-refractivity contribution in [2.75, 3.05) is 6.61 Å². The fraction of sp³-hybridized carbons (Fsp3) is 0.300. The summed E-state index contributed by atoms with van der Waals surface area (Å²) in [6.45, 7) is 8.86. The summed E-state index contributed by atoms with van der Waals surface area (Å²) in [7, 11) is 0. The molecule has 7 heteroatoms. The van der Waals surface area contributed by atoms with Crippen LogP contribution in [0.2, 0.25) is 0 Å². The van der Waals surface area contributed by atoms with Gasteiger partial charge in [-0.15, -0.1) is 0 Å². The number of hydrogen-bond donors (Lipinski definition) is 2. The Morgan fingerprint density at radius 1 is 0.838 bits per heavy atom. The second-order valence-corrected chi connectivity index (χ2v) is 9.80. The van der Waals surface area contributed by atoms with E-state index in [0.29, 0.717) is 34.8 Å². The third-order valence-electron chi connectivity index (χ3n) is 5.75. The number of aliphatic carboxylic acids is 1. The highest BCUT2D eigenvalue weighted by molar-refractivity contribution is 5.96. The standard InChI is InChI=1S/C30H33NO6/c1-5-18-36-24-16-10-22(11-17-24)29(35)37-25-14-6-20(7-15-25)19-26(28(33)34)31-27(32)21-8-12-23(13-9-21)30(2,3)4/h6-17,26H,5,18-19H2,1-4H3,(H,31,32)(H,33,34)/t26-/m0/s1. The molecule has 0 unspecified atom stereocenters. The number of amides is 1. The Morgan fingerprint density at radius 3 is 1.95 bits per heavy atom. The number of esters is 1. The monoisotopic (exact) mass is 503 g/mol. The van der Waals surface area contributed by atoms with E-state index in [1.807, 2.05) is 19.1 Å². The fourth-order valence-electron chi connectivity index (χ4n) is 3.57. The number of nitrogens with one attached hydrogen (secondary N) is 1. The SMILES string of the molecule is CCCOc1ccc(C(=O)Oc2ccc(C[C@H](NC(=O)c3ccc(C(C)(C)C)cc3)C(=O)O)cc2)cc1. The van der Waals surface area contributed by atoms with Crippen molar-refractivity contribution in [1.29, 1.82) is 0 Å². The lowest BCUT2D eigenvalue weighted by Crippen LogP contribution is -2.42. The average molecular weight is 504 g/mol. The zero-order chi connectivity index (χ0) is 27.0. The Balaban J connectivity index is 1.59. The summed E-state index contributed by atoms with van der Waals surface area (Å²) in [5.74, 6) is -1.09. The van der Waals surface area contributed by atoms with Crippen LogP contribution in [0.1, 0.15) is 66.0 Å². The Morgan fingerprint density at radius 2 is 1.41 bits per heavy atom. The predicted molar refractivity (Wildman–Crippen MR) is 141 cm³/mol. The maximum atomic E-state index is 12.7. The highest BCUT2D eigenvalue weighted by Crippen LogP contribution is 2.22. The molecule has 3 aromatic rings. The van der Waals surface area contributed by atoms with Crippen LogP contribution < -0.4 is 14.8 Å². The summed E-state index contributed by atoms with van der Waals surface area (Å²) < 4.78 is 10.9. The summed E-state index contributed by atoms with van der Waals surface area (Å²) in [6, 6.07) is 19.3. The molecule has 0 saturated heterocycles. The van der Waals surface area contributed by atoms with E-state index in [1.165, 1.54) is 0 Å². The highest BCUT2D eigenvalue weighted by Gasteiger charge is 2.22. The molecule has 194 valence electrons. The molecule has 3 aromatic carbocycles. The van der Waals surface area contributed by atoms with E-state index in [4.69, 9.17) is 9.47 Å². The second-order valence-electron chi connectivity index (χ2n) is 9.80. The number of rotatable bonds is 10. The Kier molecular flexibility index (Phi) is 9.06. The Labute approximate surface area is 217 Å². The van der Waals surface area contributed by atoms with Gasteiger partial charge in [-0.05, 0) is 71.5 Å². The molecular formula is C30H33NO6. The van der Waals surface area contributed by atoms with Crippen LogP contribution in [0.4, 0.5) is 0 Å².